The number of carbonyl (C=O) groups is 2. The van der Waals surface area contributed by atoms with E-state index in [-0.39, 0.29) is 18.9 Å². The molecule has 6 nitrogen and oxygen atoms in total. The van der Waals surface area contributed by atoms with Crippen LogP contribution in [0.25, 0.3) is 0 Å². The quantitative estimate of drug-likeness (QED) is 0.670. The molecule has 0 aliphatic carbocycles. The van der Waals surface area contributed by atoms with Gasteiger partial charge in [-0.25, -0.2) is 0 Å². The molecule has 0 spiro atoms. The third-order valence-electron chi connectivity index (χ3n) is 3.04. The molecule has 0 saturated heterocycles. The average molecular weight is 309 g/mol. The van der Waals surface area contributed by atoms with E-state index in [1.54, 1.807) is 31.4 Å². The second-order valence-electron chi connectivity index (χ2n) is 4.84. The Labute approximate surface area is 130 Å². The molecule has 122 valence electrons. The van der Waals surface area contributed by atoms with Crippen molar-refractivity contribution in [3.05, 3.63) is 24.3 Å². The van der Waals surface area contributed by atoms with Crippen LogP contribution >= 0.6 is 0 Å². The molecule has 0 bridgehead atoms. The first-order valence-corrected chi connectivity index (χ1v) is 7.33. The fourth-order valence-corrected chi connectivity index (χ4v) is 1.97. The summed E-state index contributed by atoms with van der Waals surface area (Å²) in [5, 5.41) is 8.79. The molecular formula is C16H23NO5. The topological polar surface area (TPSA) is 76.1 Å². The van der Waals surface area contributed by atoms with Gasteiger partial charge in [-0.15, -0.1) is 0 Å². The van der Waals surface area contributed by atoms with Crippen LogP contribution in [-0.4, -0.2) is 48.7 Å². The van der Waals surface area contributed by atoms with Gasteiger partial charge in [0, 0.05) is 13.0 Å². The standard InChI is InChI=1S/C16H23NO5/c1-3-10-17(12-16(19)20)15(18)5-4-11-22-14-8-6-13(21-2)7-9-14/h6-9H,3-5,10-12H2,1-2H3,(H,19,20). The van der Waals surface area contributed by atoms with Crippen LogP contribution in [0.3, 0.4) is 0 Å². The third kappa shape index (κ3) is 6.47. The summed E-state index contributed by atoms with van der Waals surface area (Å²) in [6, 6.07) is 7.20. The van der Waals surface area contributed by atoms with Gasteiger partial charge < -0.3 is 19.5 Å². The highest BCUT2D eigenvalue weighted by Gasteiger charge is 2.15. The van der Waals surface area contributed by atoms with E-state index in [4.69, 9.17) is 14.6 Å². The maximum atomic E-state index is 12.0. The number of carboxylic acids is 1. The third-order valence-corrected chi connectivity index (χ3v) is 3.04. The number of carboxylic acid groups (broad SMARTS) is 1. The molecule has 1 N–H and O–H groups in total. The van der Waals surface area contributed by atoms with E-state index in [1.807, 2.05) is 6.92 Å². The van der Waals surface area contributed by atoms with Crippen LogP contribution in [0.5, 0.6) is 11.5 Å². The first kappa shape index (κ1) is 17.8. The predicted molar refractivity (Wildman–Crippen MR) is 82.2 cm³/mol. The minimum atomic E-state index is -0.990. The van der Waals surface area contributed by atoms with Gasteiger partial charge in [0.25, 0.3) is 0 Å². The molecule has 22 heavy (non-hydrogen) atoms. The Hall–Kier alpha value is -2.24. The molecule has 0 aliphatic heterocycles. The fraction of sp³-hybridized carbons (Fsp3) is 0.500. The Morgan fingerprint density at radius 1 is 1.18 bits per heavy atom. The zero-order valence-corrected chi connectivity index (χ0v) is 13.1. The number of methoxy groups -OCH3 is 1. The zero-order valence-electron chi connectivity index (χ0n) is 13.1. The highest BCUT2D eigenvalue weighted by atomic mass is 16.5. The number of hydrogen-bond donors (Lipinski definition) is 1. The number of carbonyl (C=O) groups excluding carboxylic acids is 1. The monoisotopic (exact) mass is 309 g/mol. The van der Waals surface area contributed by atoms with Crippen LogP contribution < -0.4 is 9.47 Å². The molecule has 0 fully saturated rings. The SMILES string of the molecule is CCCN(CC(=O)O)C(=O)CCCOc1ccc(OC)cc1. The highest BCUT2D eigenvalue weighted by molar-refractivity contribution is 5.81. The van der Waals surface area contributed by atoms with Crippen molar-refractivity contribution >= 4 is 11.9 Å². The van der Waals surface area contributed by atoms with Crippen molar-refractivity contribution in [2.24, 2.45) is 0 Å². The second-order valence-corrected chi connectivity index (χ2v) is 4.84. The number of rotatable bonds is 10. The molecule has 0 aliphatic rings. The lowest BCUT2D eigenvalue weighted by Crippen LogP contribution is -2.36. The fourth-order valence-electron chi connectivity index (χ4n) is 1.97. The van der Waals surface area contributed by atoms with Crippen LogP contribution in [0.1, 0.15) is 26.2 Å². The van der Waals surface area contributed by atoms with Gasteiger partial charge >= 0.3 is 5.97 Å². The molecule has 0 radical (unpaired) electrons. The van der Waals surface area contributed by atoms with Crippen molar-refractivity contribution in [3.63, 3.8) is 0 Å². The average Bonchev–Trinajstić information content (AvgIpc) is 2.51. The number of aliphatic carboxylic acids is 1. The number of amides is 1. The first-order valence-electron chi connectivity index (χ1n) is 7.33. The van der Waals surface area contributed by atoms with Crippen LogP contribution in [0.4, 0.5) is 0 Å². The van der Waals surface area contributed by atoms with Gasteiger partial charge in [-0.1, -0.05) is 6.92 Å². The molecular weight excluding hydrogens is 286 g/mol. The predicted octanol–water partition coefficient (Wildman–Crippen LogP) is 2.18. The summed E-state index contributed by atoms with van der Waals surface area (Å²) in [5.74, 6) is 0.328. The maximum Gasteiger partial charge on any atom is 0.323 e. The molecule has 0 heterocycles. The minimum Gasteiger partial charge on any atom is -0.497 e. The number of hydrogen-bond acceptors (Lipinski definition) is 4. The number of nitrogens with zero attached hydrogens (tertiary/aromatic N) is 1. The second kappa shape index (κ2) is 9.65. The molecule has 0 atom stereocenters. The normalized spacial score (nSPS) is 10.1. The van der Waals surface area contributed by atoms with Crippen LogP contribution in [0.2, 0.25) is 0 Å². The van der Waals surface area contributed by atoms with Crippen molar-refractivity contribution in [1.82, 2.24) is 4.90 Å². The summed E-state index contributed by atoms with van der Waals surface area (Å²) in [6.07, 6.45) is 1.56. The van der Waals surface area contributed by atoms with Crippen molar-refractivity contribution < 1.29 is 24.2 Å². The summed E-state index contributed by atoms with van der Waals surface area (Å²) in [6.45, 7) is 2.54. The van der Waals surface area contributed by atoms with E-state index in [9.17, 15) is 9.59 Å². The number of ether oxygens (including phenoxy) is 2. The van der Waals surface area contributed by atoms with Gasteiger partial charge in [-0.3, -0.25) is 9.59 Å². The van der Waals surface area contributed by atoms with E-state index in [1.165, 1.54) is 4.90 Å². The maximum absolute atomic E-state index is 12.0. The minimum absolute atomic E-state index is 0.150. The molecule has 1 amide bonds. The molecule has 0 unspecified atom stereocenters. The Kier molecular flexibility index (Phi) is 7.81. The smallest absolute Gasteiger partial charge is 0.323 e. The van der Waals surface area contributed by atoms with Gasteiger partial charge in [0.2, 0.25) is 5.91 Å². The molecule has 0 saturated carbocycles. The summed E-state index contributed by atoms with van der Waals surface area (Å²) in [7, 11) is 1.60. The molecule has 0 aromatic heterocycles. The van der Waals surface area contributed by atoms with E-state index in [0.29, 0.717) is 25.3 Å². The lowest BCUT2D eigenvalue weighted by atomic mass is 10.2. The van der Waals surface area contributed by atoms with E-state index >= 15 is 0 Å². The van der Waals surface area contributed by atoms with Crippen LogP contribution in [0, 0.1) is 0 Å². The van der Waals surface area contributed by atoms with E-state index in [0.717, 1.165) is 12.2 Å². The Morgan fingerprint density at radius 3 is 2.36 bits per heavy atom. The van der Waals surface area contributed by atoms with Gasteiger partial charge in [-0.2, -0.15) is 0 Å². The Bertz CT molecular complexity index is 472. The van der Waals surface area contributed by atoms with Crippen LogP contribution in [0.15, 0.2) is 24.3 Å². The van der Waals surface area contributed by atoms with Gasteiger partial charge in [0.05, 0.1) is 13.7 Å². The lowest BCUT2D eigenvalue weighted by Gasteiger charge is -2.19. The molecule has 1 aromatic carbocycles. The Balaban J connectivity index is 2.32. The van der Waals surface area contributed by atoms with E-state index < -0.39 is 5.97 Å². The largest absolute Gasteiger partial charge is 0.497 e. The summed E-state index contributed by atoms with van der Waals surface area (Å²) < 4.78 is 10.6. The Morgan fingerprint density at radius 2 is 1.82 bits per heavy atom. The summed E-state index contributed by atoms with van der Waals surface area (Å²) in [4.78, 5) is 24.1. The van der Waals surface area contributed by atoms with Crippen LogP contribution in [-0.2, 0) is 9.59 Å². The van der Waals surface area contributed by atoms with Crippen molar-refractivity contribution in [3.8, 4) is 11.5 Å². The summed E-state index contributed by atoms with van der Waals surface area (Å²) >= 11 is 0. The van der Waals surface area contributed by atoms with Crippen molar-refractivity contribution in [2.45, 2.75) is 26.2 Å². The number of benzene rings is 1. The summed E-state index contributed by atoms with van der Waals surface area (Å²) in [5.41, 5.74) is 0. The van der Waals surface area contributed by atoms with Crippen molar-refractivity contribution in [1.29, 1.82) is 0 Å². The highest BCUT2D eigenvalue weighted by Crippen LogP contribution is 2.17. The molecule has 1 aromatic rings. The van der Waals surface area contributed by atoms with Gasteiger partial charge in [0.15, 0.2) is 0 Å². The van der Waals surface area contributed by atoms with E-state index in [2.05, 4.69) is 0 Å². The zero-order chi connectivity index (χ0) is 16.4. The van der Waals surface area contributed by atoms with Gasteiger partial charge in [-0.05, 0) is 37.1 Å². The van der Waals surface area contributed by atoms with Gasteiger partial charge in [0.1, 0.15) is 18.0 Å². The van der Waals surface area contributed by atoms with Crippen molar-refractivity contribution in [2.75, 3.05) is 26.8 Å². The molecule has 6 heteroatoms. The lowest BCUT2D eigenvalue weighted by molar-refractivity contribution is -0.144. The molecule has 1 rings (SSSR count). The first-order chi connectivity index (χ1) is 10.6.